The lowest BCUT2D eigenvalue weighted by molar-refractivity contribution is -0.384. The molecule has 0 radical (unpaired) electrons. The van der Waals surface area contributed by atoms with Crippen LogP contribution in [0.1, 0.15) is 11.1 Å². The lowest BCUT2D eigenvalue weighted by Gasteiger charge is -2.07. The molecule has 0 aromatic heterocycles. The van der Waals surface area contributed by atoms with E-state index in [-0.39, 0.29) is 5.69 Å². The standard InChI is InChI=1S/C21H18N4O3S/c26-25(27)19-10-6-17(7-11-19)15-28-20-12-8-16(9-13-20)14-22-24-21(29)23-18-4-2-1-3-5-18/h1-14H,15H2,(H2,23,24,29)/b22-14-. The Morgan fingerprint density at radius 3 is 2.38 bits per heavy atom. The predicted molar refractivity (Wildman–Crippen MR) is 117 cm³/mol. The Hall–Kier alpha value is -3.78. The topological polar surface area (TPSA) is 88.8 Å². The first-order valence-electron chi connectivity index (χ1n) is 8.71. The van der Waals surface area contributed by atoms with E-state index in [1.807, 2.05) is 54.6 Å². The molecule has 0 bridgehead atoms. The second kappa shape index (κ2) is 9.95. The molecular formula is C21H18N4O3S. The van der Waals surface area contributed by atoms with Crippen molar-refractivity contribution in [1.82, 2.24) is 5.43 Å². The van der Waals surface area contributed by atoms with E-state index in [2.05, 4.69) is 15.8 Å². The van der Waals surface area contributed by atoms with Gasteiger partial charge in [0.05, 0.1) is 11.1 Å². The number of nitro groups is 1. The number of hydrogen-bond acceptors (Lipinski definition) is 5. The molecule has 2 N–H and O–H groups in total. The van der Waals surface area contributed by atoms with Gasteiger partial charge in [0.1, 0.15) is 12.4 Å². The van der Waals surface area contributed by atoms with Crippen LogP contribution >= 0.6 is 12.2 Å². The molecule has 0 amide bonds. The molecule has 0 aliphatic rings. The molecule has 0 spiro atoms. The van der Waals surface area contributed by atoms with E-state index in [1.165, 1.54) is 12.1 Å². The van der Waals surface area contributed by atoms with E-state index in [0.717, 1.165) is 16.8 Å². The number of nitrogens with one attached hydrogen (secondary N) is 2. The summed E-state index contributed by atoms with van der Waals surface area (Å²) in [5, 5.41) is 18.2. The van der Waals surface area contributed by atoms with Crippen LogP contribution in [-0.2, 0) is 6.61 Å². The lowest BCUT2D eigenvalue weighted by atomic mass is 10.2. The van der Waals surface area contributed by atoms with Crippen LogP contribution in [0, 0.1) is 10.1 Å². The van der Waals surface area contributed by atoms with Gasteiger partial charge in [-0.25, -0.2) is 0 Å². The Morgan fingerprint density at radius 1 is 1.03 bits per heavy atom. The Labute approximate surface area is 173 Å². The highest BCUT2D eigenvalue weighted by Crippen LogP contribution is 2.16. The largest absolute Gasteiger partial charge is 0.489 e. The van der Waals surface area contributed by atoms with Crippen LogP contribution in [0.4, 0.5) is 11.4 Å². The molecule has 0 fully saturated rings. The van der Waals surface area contributed by atoms with Crippen molar-refractivity contribution in [3.63, 3.8) is 0 Å². The van der Waals surface area contributed by atoms with E-state index in [0.29, 0.717) is 17.5 Å². The summed E-state index contributed by atoms with van der Waals surface area (Å²) in [7, 11) is 0. The second-order valence-electron chi connectivity index (χ2n) is 5.97. The van der Waals surface area contributed by atoms with Crippen molar-refractivity contribution >= 4 is 34.9 Å². The molecule has 29 heavy (non-hydrogen) atoms. The van der Waals surface area contributed by atoms with Crippen molar-refractivity contribution in [3.8, 4) is 5.75 Å². The van der Waals surface area contributed by atoms with Gasteiger partial charge in [0.25, 0.3) is 5.69 Å². The fraction of sp³-hybridized carbons (Fsp3) is 0.0476. The third-order valence-corrected chi connectivity index (χ3v) is 4.04. The fourth-order valence-electron chi connectivity index (χ4n) is 2.38. The summed E-state index contributed by atoms with van der Waals surface area (Å²) < 4.78 is 5.70. The first-order valence-corrected chi connectivity index (χ1v) is 9.12. The molecule has 3 rings (SSSR count). The molecule has 0 aliphatic heterocycles. The minimum absolute atomic E-state index is 0.0597. The molecule has 0 saturated carbocycles. The van der Waals surface area contributed by atoms with Crippen LogP contribution in [0.25, 0.3) is 0 Å². The van der Waals surface area contributed by atoms with Crippen molar-refractivity contribution in [2.24, 2.45) is 5.10 Å². The minimum Gasteiger partial charge on any atom is -0.489 e. The summed E-state index contributed by atoms with van der Waals surface area (Å²) in [6.45, 7) is 0.326. The van der Waals surface area contributed by atoms with Gasteiger partial charge in [-0.05, 0) is 71.9 Å². The summed E-state index contributed by atoms with van der Waals surface area (Å²) in [6.07, 6.45) is 1.65. The van der Waals surface area contributed by atoms with Crippen molar-refractivity contribution in [1.29, 1.82) is 0 Å². The third-order valence-electron chi connectivity index (χ3n) is 3.84. The summed E-state index contributed by atoms with van der Waals surface area (Å²) in [4.78, 5) is 10.2. The molecule has 0 aliphatic carbocycles. The maximum absolute atomic E-state index is 10.7. The predicted octanol–water partition coefficient (Wildman–Crippen LogP) is 4.49. The van der Waals surface area contributed by atoms with Crippen molar-refractivity contribution in [2.45, 2.75) is 6.61 Å². The van der Waals surface area contributed by atoms with Gasteiger partial charge in [-0.2, -0.15) is 5.10 Å². The van der Waals surface area contributed by atoms with Crippen LogP contribution in [0.2, 0.25) is 0 Å². The highest BCUT2D eigenvalue weighted by Gasteiger charge is 2.04. The maximum Gasteiger partial charge on any atom is 0.269 e. The highest BCUT2D eigenvalue weighted by molar-refractivity contribution is 7.80. The first-order chi connectivity index (χ1) is 14.1. The number of rotatable bonds is 7. The quantitative estimate of drug-likeness (QED) is 0.260. The van der Waals surface area contributed by atoms with Gasteiger partial charge in [-0.1, -0.05) is 18.2 Å². The molecule has 0 saturated heterocycles. The van der Waals surface area contributed by atoms with Gasteiger partial charge < -0.3 is 10.1 Å². The Morgan fingerprint density at radius 2 is 1.72 bits per heavy atom. The molecule has 0 atom stereocenters. The van der Waals surface area contributed by atoms with Crippen molar-refractivity contribution in [3.05, 3.63) is 100 Å². The zero-order valence-electron chi connectivity index (χ0n) is 15.3. The normalized spacial score (nSPS) is 10.5. The zero-order chi connectivity index (χ0) is 20.5. The Balaban J connectivity index is 1.46. The number of thiocarbonyl (C=S) groups is 1. The van der Waals surface area contributed by atoms with Crippen LogP contribution in [-0.4, -0.2) is 16.3 Å². The van der Waals surface area contributed by atoms with Gasteiger partial charge in [0.2, 0.25) is 0 Å². The average molecular weight is 406 g/mol. The van der Waals surface area contributed by atoms with Gasteiger partial charge in [0, 0.05) is 17.8 Å². The fourth-order valence-corrected chi connectivity index (χ4v) is 2.55. The van der Waals surface area contributed by atoms with Crippen molar-refractivity contribution < 1.29 is 9.66 Å². The number of nitrogens with zero attached hydrogens (tertiary/aromatic N) is 2. The second-order valence-corrected chi connectivity index (χ2v) is 6.38. The lowest BCUT2D eigenvalue weighted by Crippen LogP contribution is -2.23. The van der Waals surface area contributed by atoms with E-state index < -0.39 is 4.92 Å². The summed E-state index contributed by atoms with van der Waals surface area (Å²) in [5.41, 5.74) is 5.44. The number of benzene rings is 3. The summed E-state index contributed by atoms with van der Waals surface area (Å²) in [5.74, 6) is 0.690. The number of hydrogen-bond donors (Lipinski definition) is 2. The highest BCUT2D eigenvalue weighted by atomic mass is 32.1. The molecule has 8 heteroatoms. The van der Waals surface area contributed by atoms with Gasteiger partial charge in [0.15, 0.2) is 5.11 Å². The minimum atomic E-state index is -0.426. The number of ether oxygens (including phenoxy) is 1. The molecule has 146 valence electrons. The van der Waals surface area contributed by atoms with E-state index in [1.54, 1.807) is 18.3 Å². The summed E-state index contributed by atoms with van der Waals surface area (Å²) >= 11 is 5.18. The molecule has 7 nitrogen and oxygen atoms in total. The van der Waals surface area contributed by atoms with Gasteiger partial charge in [-0.3, -0.25) is 15.5 Å². The average Bonchev–Trinajstić information content (AvgIpc) is 2.74. The van der Waals surface area contributed by atoms with Crippen LogP contribution in [0.5, 0.6) is 5.75 Å². The van der Waals surface area contributed by atoms with E-state index in [4.69, 9.17) is 17.0 Å². The van der Waals surface area contributed by atoms with Gasteiger partial charge in [-0.15, -0.1) is 0 Å². The van der Waals surface area contributed by atoms with Crippen molar-refractivity contribution in [2.75, 3.05) is 5.32 Å². The third kappa shape index (κ3) is 6.40. The van der Waals surface area contributed by atoms with E-state index in [9.17, 15) is 10.1 Å². The maximum atomic E-state index is 10.7. The monoisotopic (exact) mass is 406 g/mol. The smallest absolute Gasteiger partial charge is 0.269 e. The van der Waals surface area contributed by atoms with E-state index >= 15 is 0 Å². The molecule has 3 aromatic carbocycles. The SMILES string of the molecule is O=[N+]([O-])c1ccc(COc2ccc(/C=N\NC(=S)Nc3ccccc3)cc2)cc1. The molecule has 0 heterocycles. The van der Waals surface area contributed by atoms with Crippen LogP contribution < -0.4 is 15.5 Å². The molecule has 3 aromatic rings. The number of anilines is 1. The Kier molecular flexibility index (Phi) is 6.85. The van der Waals surface area contributed by atoms with Gasteiger partial charge >= 0.3 is 0 Å². The van der Waals surface area contributed by atoms with Crippen LogP contribution in [0.3, 0.4) is 0 Å². The number of nitro benzene ring substituents is 1. The first kappa shape index (κ1) is 20.0. The molecular weight excluding hydrogens is 388 g/mol. The zero-order valence-corrected chi connectivity index (χ0v) is 16.1. The Bertz CT molecular complexity index is 991. The number of hydrazone groups is 1. The number of non-ortho nitro benzene ring substituents is 1. The van der Waals surface area contributed by atoms with Crippen LogP contribution in [0.15, 0.2) is 84.0 Å². The number of para-hydroxylation sites is 1. The summed E-state index contributed by atoms with van der Waals surface area (Å²) in [6, 6.07) is 23.2. The molecule has 0 unspecified atom stereocenters.